The highest BCUT2D eigenvalue weighted by Gasteiger charge is 2.28. The highest BCUT2D eigenvalue weighted by Crippen LogP contribution is 2.25. The van der Waals surface area contributed by atoms with E-state index in [0.717, 1.165) is 12.8 Å². The topological polar surface area (TPSA) is 73.6 Å². The van der Waals surface area contributed by atoms with Gasteiger partial charge in [-0.2, -0.15) is 0 Å². The molecule has 6 heteroatoms. The molecule has 3 N–H and O–H groups in total. The largest absolute Gasteiger partial charge is 0.497 e. The third kappa shape index (κ3) is 4.51. The Morgan fingerprint density at radius 1 is 1.24 bits per heavy atom. The van der Waals surface area contributed by atoms with Gasteiger partial charge in [0.1, 0.15) is 11.5 Å². The van der Waals surface area contributed by atoms with Gasteiger partial charge in [-0.15, -0.1) is 12.4 Å². The zero-order chi connectivity index (χ0) is 15.2. The minimum absolute atomic E-state index is 0. The van der Waals surface area contributed by atoms with Gasteiger partial charge in [-0.1, -0.05) is 13.8 Å². The fraction of sp³-hybridized carbons (Fsp3) is 0.533. The minimum atomic E-state index is -0.384. The fourth-order valence-electron chi connectivity index (χ4n) is 2.07. The SMILES string of the molecule is CCC(CC)(CN)NC(=O)c1cc(OC)ccc1OC.Cl. The number of halogens is 1. The molecule has 0 spiro atoms. The molecule has 21 heavy (non-hydrogen) atoms. The van der Waals surface area contributed by atoms with E-state index in [9.17, 15) is 4.79 Å². The van der Waals surface area contributed by atoms with Crippen LogP contribution in [0.3, 0.4) is 0 Å². The summed E-state index contributed by atoms with van der Waals surface area (Å²) >= 11 is 0. The quantitative estimate of drug-likeness (QED) is 0.810. The Kier molecular flexibility index (Phi) is 8.14. The molecule has 0 unspecified atom stereocenters. The van der Waals surface area contributed by atoms with Crippen LogP contribution in [0.15, 0.2) is 18.2 Å². The number of nitrogens with two attached hydrogens (primary N) is 1. The van der Waals surface area contributed by atoms with Crippen LogP contribution in [0.4, 0.5) is 0 Å². The van der Waals surface area contributed by atoms with E-state index in [0.29, 0.717) is 23.6 Å². The van der Waals surface area contributed by atoms with Crippen LogP contribution in [0, 0.1) is 0 Å². The van der Waals surface area contributed by atoms with E-state index in [1.807, 2.05) is 13.8 Å². The number of amides is 1. The van der Waals surface area contributed by atoms with Gasteiger partial charge < -0.3 is 20.5 Å². The highest BCUT2D eigenvalue weighted by molar-refractivity contribution is 5.97. The molecule has 0 aromatic heterocycles. The van der Waals surface area contributed by atoms with Crippen molar-refractivity contribution in [2.45, 2.75) is 32.2 Å². The number of carbonyl (C=O) groups is 1. The summed E-state index contributed by atoms with van der Waals surface area (Å²) < 4.78 is 10.4. The predicted octanol–water partition coefficient (Wildman–Crippen LogP) is 2.37. The van der Waals surface area contributed by atoms with Gasteiger partial charge in [-0.05, 0) is 31.0 Å². The summed E-state index contributed by atoms with van der Waals surface area (Å²) in [6.45, 7) is 4.43. The summed E-state index contributed by atoms with van der Waals surface area (Å²) in [4.78, 5) is 12.5. The molecule has 0 bridgehead atoms. The maximum absolute atomic E-state index is 12.5. The lowest BCUT2D eigenvalue weighted by molar-refractivity contribution is 0.0892. The summed E-state index contributed by atoms with van der Waals surface area (Å²) in [5.74, 6) is 0.929. The molecular formula is C15H25ClN2O3. The monoisotopic (exact) mass is 316 g/mol. The van der Waals surface area contributed by atoms with Gasteiger partial charge in [0.15, 0.2) is 0 Å². The van der Waals surface area contributed by atoms with Crippen molar-refractivity contribution >= 4 is 18.3 Å². The van der Waals surface area contributed by atoms with Gasteiger partial charge in [-0.25, -0.2) is 0 Å². The number of carbonyl (C=O) groups excluding carboxylic acids is 1. The molecular weight excluding hydrogens is 292 g/mol. The Hall–Kier alpha value is -1.46. The van der Waals surface area contributed by atoms with Crippen LogP contribution in [-0.2, 0) is 0 Å². The normalized spacial score (nSPS) is 10.5. The van der Waals surface area contributed by atoms with Crippen molar-refractivity contribution in [3.63, 3.8) is 0 Å². The first-order valence-corrected chi connectivity index (χ1v) is 6.80. The summed E-state index contributed by atoms with van der Waals surface area (Å²) in [6.07, 6.45) is 1.55. The first kappa shape index (κ1) is 19.5. The lowest BCUT2D eigenvalue weighted by Crippen LogP contribution is -2.52. The Morgan fingerprint density at radius 2 is 1.86 bits per heavy atom. The Morgan fingerprint density at radius 3 is 2.29 bits per heavy atom. The summed E-state index contributed by atoms with van der Waals surface area (Å²) in [6, 6.07) is 5.14. The maximum atomic E-state index is 12.5. The zero-order valence-corrected chi connectivity index (χ0v) is 13.9. The Labute approximate surface area is 132 Å². The van der Waals surface area contributed by atoms with Crippen molar-refractivity contribution in [3.05, 3.63) is 23.8 Å². The molecule has 0 aliphatic rings. The molecule has 0 fully saturated rings. The third-order valence-corrected chi connectivity index (χ3v) is 3.77. The van der Waals surface area contributed by atoms with Gasteiger partial charge >= 0.3 is 0 Å². The van der Waals surface area contributed by atoms with Crippen molar-refractivity contribution in [2.24, 2.45) is 5.73 Å². The van der Waals surface area contributed by atoms with Crippen LogP contribution < -0.4 is 20.5 Å². The number of hydrogen-bond donors (Lipinski definition) is 2. The molecule has 0 saturated heterocycles. The third-order valence-electron chi connectivity index (χ3n) is 3.77. The lowest BCUT2D eigenvalue weighted by Gasteiger charge is -2.31. The summed E-state index contributed by atoms with van der Waals surface area (Å²) in [5.41, 5.74) is 5.88. The minimum Gasteiger partial charge on any atom is -0.497 e. The summed E-state index contributed by atoms with van der Waals surface area (Å²) in [5, 5.41) is 3.02. The molecule has 0 atom stereocenters. The molecule has 1 aromatic rings. The number of benzene rings is 1. The molecule has 120 valence electrons. The molecule has 1 rings (SSSR count). The van der Waals surface area contributed by atoms with Crippen LogP contribution >= 0.6 is 12.4 Å². The van der Waals surface area contributed by atoms with E-state index in [1.165, 1.54) is 7.11 Å². The number of methoxy groups -OCH3 is 2. The van der Waals surface area contributed by atoms with Gasteiger partial charge in [-0.3, -0.25) is 4.79 Å². The second-order valence-corrected chi connectivity index (χ2v) is 4.71. The molecule has 1 aromatic carbocycles. The van der Waals surface area contributed by atoms with Gasteiger partial charge in [0.2, 0.25) is 0 Å². The molecule has 0 heterocycles. The van der Waals surface area contributed by atoms with Crippen molar-refractivity contribution in [1.29, 1.82) is 0 Å². The molecule has 1 amide bonds. The van der Waals surface area contributed by atoms with Gasteiger partial charge in [0.05, 0.1) is 25.3 Å². The Balaban J connectivity index is 0.00000400. The first-order valence-electron chi connectivity index (χ1n) is 6.80. The average Bonchev–Trinajstić information content (AvgIpc) is 2.51. The van der Waals surface area contributed by atoms with Gasteiger partial charge in [0.25, 0.3) is 5.91 Å². The number of hydrogen-bond acceptors (Lipinski definition) is 4. The van der Waals surface area contributed by atoms with E-state index in [2.05, 4.69) is 5.32 Å². The van der Waals surface area contributed by atoms with E-state index in [4.69, 9.17) is 15.2 Å². The summed E-state index contributed by atoms with van der Waals surface area (Å²) in [7, 11) is 3.10. The molecule has 0 aliphatic heterocycles. The van der Waals surface area contributed by atoms with Crippen LogP contribution in [-0.4, -0.2) is 32.2 Å². The average molecular weight is 317 g/mol. The smallest absolute Gasteiger partial charge is 0.255 e. The first-order chi connectivity index (χ1) is 9.55. The van der Waals surface area contributed by atoms with E-state index < -0.39 is 0 Å². The standard InChI is InChI=1S/C15H24N2O3.ClH/c1-5-15(6-2,10-16)17-14(18)12-9-11(19-3)7-8-13(12)20-4;/h7-9H,5-6,10,16H2,1-4H3,(H,17,18);1H. The highest BCUT2D eigenvalue weighted by atomic mass is 35.5. The van der Waals surface area contributed by atoms with Gasteiger partial charge in [0, 0.05) is 6.54 Å². The van der Waals surface area contributed by atoms with Crippen LogP contribution in [0.5, 0.6) is 11.5 Å². The number of rotatable bonds is 7. The molecule has 0 radical (unpaired) electrons. The van der Waals surface area contributed by atoms with Crippen molar-refractivity contribution in [3.8, 4) is 11.5 Å². The fourth-order valence-corrected chi connectivity index (χ4v) is 2.07. The second kappa shape index (κ2) is 8.74. The van der Waals surface area contributed by atoms with E-state index in [1.54, 1.807) is 25.3 Å². The number of nitrogens with one attached hydrogen (secondary N) is 1. The lowest BCUT2D eigenvalue weighted by atomic mass is 9.92. The second-order valence-electron chi connectivity index (χ2n) is 4.71. The van der Waals surface area contributed by atoms with Crippen LogP contribution in [0.1, 0.15) is 37.0 Å². The van der Waals surface area contributed by atoms with Crippen LogP contribution in [0.25, 0.3) is 0 Å². The number of ether oxygens (including phenoxy) is 2. The molecule has 0 saturated carbocycles. The van der Waals surface area contributed by atoms with Crippen molar-refractivity contribution < 1.29 is 14.3 Å². The maximum Gasteiger partial charge on any atom is 0.255 e. The van der Waals surface area contributed by atoms with Crippen LogP contribution in [0.2, 0.25) is 0 Å². The molecule has 0 aliphatic carbocycles. The van der Waals surface area contributed by atoms with Crippen molar-refractivity contribution in [1.82, 2.24) is 5.32 Å². The predicted molar refractivity (Wildman–Crippen MR) is 86.6 cm³/mol. The van der Waals surface area contributed by atoms with E-state index in [-0.39, 0.29) is 23.9 Å². The zero-order valence-electron chi connectivity index (χ0n) is 13.1. The Bertz CT molecular complexity index is 454. The molecule has 5 nitrogen and oxygen atoms in total. The van der Waals surface area contributed by atoms with E-state index >= 15 is 0 Å². The van der Waals surface area contributed by atoms with Crippen molar-refractivity contribution in [2.75, 3.05) is 20.8 Å².